The smallest absolute Gasteiger partial charge is 0.191 e. The van der Waals surface area contributed by atoms with Gasteiger partial charge in [0, 0.05) is 39.5 Å². The van der Waals surface area contributed by atoms with Gasteiger partial charge in [-0.1, -0.05) is 24.6 Å². The average Bonchev–Trinajstić information content (AvgIpc) is 2.88. The zero-order valence-electron chi connectivity index (χ0n) is 15.3. The summed E-state index contributed by atoms with van der Waals surface area (Å²) >= 11 is 0. The second-order valence-electron chi connectivity index (χ2n) is 6.51. The predicted molar refractivity (Wildman–Crippen MR) is 101 cm³/mol. The first kappa shape index (κ1) is 18.4. The molecule has 0 saturated carbocycles. The lowest BCUT2D eigenvalue weighted by Crippen LogP contribution is -2.39. The van der Waals surface area contributed by atoms with Crippen LogP contribution in [0.1, 0.15) is 36.5 Å². The molecule has 0 radical (unpaired) electrons. The third-order valence-electron chi connectivity index (χ3n) is 4.70. The van der Waals surface area contributed by atoms with Gasteiger partial charge >= 0.3 is 0 Å². The molecule has 0 atom stereocenters. The number of guanidine groups is 1. The highest BCUT2D eigenvalue weighted by Gasteiger charge is 2.14. The number of aliphatic imine (C=N–C) groups is 1. The van der Waals surface area contributed by atoms with Crippen LogP contribution < -0.4 is 10.6 Å². The zero-order chi connectivity index (χ0) is 18.2. The molecule has 0 fully saturated rings. The van der Waals surface area contributed by atoms with Crippen molar-refractivity contribution in [3.63, 3.8) is 0 Å². The van der Waals surface area contributed by atoms with Gasteiger partial charge in [0.15, 0.2) is 5.96 Å². The Hall–Kier alpha value is -2.44. The van der Waals surface area contributed by atoms with Crippen molar-refractivity contribution in [2.45, 2.75) is 45.1 Å². The molecule has 1 aromatic heterocycles. The van der Waals surface area contributed by atoms with E-state index in [0.717, 1.165) is 43.5 Å². The summed E-state index contributed by atoms with van der Waals surface area (Å²) in [7, 11) is 1.74. The van der Waals surface area contributed by atoms with Gasteiger partial charge in [-0.05, 0) is 30.9 Å². The Labute approximate surface area is 153 Å². The largest absolute Gasteiger partial charge is 0.356 e. The van der Waals surface area contributed by atoms with Crippen molar-refractivity contribution in [2.24, 2.45) is 4.99 Å². The van der Waals surface area contributed by atoms with Crippen LogP contribution in [0.15, 0.2) is 29.3 Å². The Kier molecular flexibility index (Phi) is 6.57. The fourth-order valence-corrected chi connectivity index (χ4v) is 3.26. The molecule has 0 aliphatic carbocycles. The molecule has 1 aromatic carbocycles. The Morgan fingerprint density at radius 1 is 1.12 bits per heavy atom. The van der Waals surface area contributed by atoms with Crippen LogP contribution in [-0.2, 0) is 25.8 Å². The van der Waals surface area contributed by atoms with Crippen LogP contribution in [0.5, 0.6) is 0 Å². The monoisotopic (exact) mass is 358 g/mol. The summed E-state index contributed by atoms with van der Waals surface area (Å²) in [6.07, 6.45) is 6.12. The first-order valence-corrected chi connectivity index (χ1v) is 9.37. The Balaban J connectivity index is 1.43. The first-order valence-electron chi connectivity index (χ1n) is 9.37. The van der Waals surface area contributed by atoms with E-state index in [1.165, 1.54) is 25.3 Å². The van der Waals surface area contributed by atoms with Gasteiger partial charge in [-0.3, -0.25) is 4.99 Å². The van der Waals surface area contributed by atoms with Crippen molar-refractivity contribution in [1.82, 2.24) is 25.4 Å². The van der Waals surface area contributed by atoms with Gasteiger partial charge in [-0.15, -0.1) is 10.2 Å². The normalized spacial score (nSPS) is 14.6. The van der Waals surface area contributed by atoms with Crippen molar-refractivity contribution in [3.05, 3.63) is 47.3 Å². The van der Waals surface area contributed by atoms with Crippen molar-refractivity contribution in [1.29, 1.82) is 0 Å². The second-order valence-corrected chi connectivity index (χ2v) is 6.51. The molecule has 0 saturated heterocycles. The van der Waals surface area contributed by atoms with E-state index in [0.29, 0.717) is 18.5 Å². The summed E-state index contributed by atoms with van der Waals surface area (Å²) in [6, 6.07) is 6.86. The molecule has 140 valence electrons. The molecule has 0 bridgehead atoms. The third-order valence-corrected chi connectivity index (χ3v) is 4.70. The lowest BCUT2D eigenvalue weighted by molar-refractivity contribution is 0.599. The number of nitrogens with one attached hydrogen (secondary N) is 2. The van der Waals surface area contributed by atoms with Crippen molar-refractivity contribution in [3.8, 4) is 0 Å². The SMILES string of the molecule is CN=C(NCCc1ccccc1F)NCCc1nnc2n1CCCCC2. The van der Waals surface area contributed by atoms with Crippen molar-refractivity contribution < 1.29 is 4.39 Å². The van der Waals surface area contributed by atoms with E-state index in [9.17, 15) is 4.39 Å². The van der Waals surface area contributed by atoms with E-state index in [2.05, 4.69) is 30.4 Å². The quantitative estimate of drug-likeness (QED) is 0.613. The lowest BCUT2D eigenvalue weighted by atomic mass is 10.1. The lowest BCUT2D eigenvalue weighted by Gasteiger charge is -2.12. The molecule has 26 heavy (non-hydrogen) atoms. The van der Waals surface area contributed by atoms with Crippen molar-refractivity contribution >= 4 is 5.96 Å². The highest BCUT2D eigenvalue weighted by molar-refractivity contribution is 5.79. The van der Waals surface area contributed by atoms with Gasteiger partial charge in [0.05, 0.1) is 0 Å². The molecule has 1 aliphatic heterocycles. The first-order chi connectivity index (χ1) is 12.8. The van der Waals surface area contributed by atoms with E-state index in [1.54, 1.807) is 13.1 Å². The number of halogens is 1. The number of hydrogen-bond acceptors (Lipinski definition) is 3. The molecular weight excluding hydrogens is 331 g/mol. The maximum Gasteiger partial charge on any atom is 0.191 e. The Bertz CT molecular complexity index is 739. The number of hydrogen-bond donors (Lipinski definition) is 2. The fraction of sp³-hybridized carbons (Fsp3) is 0.526. The van der Waals surface area contributed by atoms with E-state index >= 15 is 0 Å². The van der Waals surface area contributed by atoms with Crippen LogP contribution in [0.25, 0.3) is 0 Å². The van der Waals surface area contributed by atoms with Crippen LogP contribution in [-0.4, -0.2) is 40.9 Å². The topological polar surface area (TPSA) is 67.1 Å². The summed E-state index contributed by atoms with van der Waals surface area (Å²) in [5.74, 6) is 2.71. The number of aryl methyl sites for hydroxylation is 1. The molecule has 0 spiro atoms. The minimum Gasteiger partial charge on any atom is -0.356 e. The molecule has 6 nitrogen and oxygen atoms in total. The van der Waals surface area contributed by atoms with Crippen LogP contribution >= 0.6 is 0 Å². The van der Waals surface area contributed by atoms with E-state index in [4.69, 9.17) is 0 Å². The molecule has 7 heteroatoms. The van der Waals surface area contributed by atoms with Crippen LogP contribution in [0.3, 0.4) is 0 Å². The summed E-state index contributed by atoms with van der Waals surface area (Å²) in [6.45, 7) is 2.38. The molecule has 2 aromatic rings. The minimum absolute atomic E-state index is 0.162. The van der Waals surface area contributed by atoms with E-state index in [1.807, 2.05) is 12.1 Å². The molecular formula is C19H27FN6. The molecule has 2 heterocycles. The van der Waals surface area contributed by atoms with Crippen LogP contribution in [0, 0.1) is 5.82 Å². The highest BCUT2D eigenvalue weighted by atomic mass is 19.1. The summed E-state index contributed by atoms with van der Waals surface area (Å²) in [4.78, 5) is 4.22. The number of nitrogens with zero attached hydrogens (tertiary/aromatic N) is 4. The molecule has 3 rings (SSSR count). The third kappa shape index (κ3) is 4.80. The second kappa shape index (κ2) is 9.31. The minimum atomic E-state index is -0.162. The van der Waals surface area contributed by atoms with Crippen molar-refractivity contribution in [2.75, 3.05) is 20.1 Å². The standard InChI is InChI=1S/C19H27FN6/c1-21-19(22-12-10-15-7-4-5-8-16(15)20)23-13-11-18-25-24-17-9-3-2-6-14-26(17)18/h4-5,7-8H,2-3,6,9-14H2,1H3,(H2,21,22,23). The average molecular weight is 358 g/mol. The van der Waals surface area contributed by atoms with Gasteiger partial charge in [0.25, 0.3) is 0 Å². The maximum atomic E-state index is 13.6. The van der Waals surface area contributed by atoms with Gasteiger partial charge in [-0.2, -0.15) is 0 Å². The van der Waals surface area contributed by atoms with Gasteiger partial charge in [0.2, 0.25) is 0 Å². The molecule has 1 aliphatic rings. The Morgan fingerprint density at radius 2 is 1.92 bits per heavy atom. The van der Waals surface area contributed by atoms with Gasteiger partial charge in [-0.25, -0.2) is 4.39 Å². The van der Waals surface area contributed by atoms with E-state index in [-0.39, 0.29) is 5.82 Å². The molecule has 2 N–H and O–H groups in total. The molecule has 0 amide bonds. The predicted octanol–water partition coefficient (Wildman–Crippen LogP) is 2.09. The summed E-state index contributed by atoms with van der Waals surface area (Å²) in [5.41, 5.74) is 0.710. The summed E-state index contributed by atoms with van der Waals surface area (Å²) < 4.78 is 15.9. The maximum absolute atomic E-state index is 13.6. The Morgan fingerprint density at radius 3 is 2.73 bits per heavy atom. The van der Waals surface area contributed by atoms with Gasteiger partial charge in [0.1, 0.15) is 17.5 Å². The highest BCUT2D eigenvalue weighted by Crippen LogP contribution is 2.14. The number of rotatable bonds is 6. The number of aromatic nitrogens is 3. The van der Waals surface area contributed by atoms with Gasteiger partial charge < -0.3 is 15.2 Å². The van der Waals surface area contributed by atoms with Crippen LogP contribution in [0.2, 0.25) is 0 Å². The van der Waals surface area contributed by atoms with Crippen LogP contribution in [0.4, 0.5) is 4.39 Å². The fourth-order valence-electron chi connectivity index (χ4n) is 3.26. The number of fused-ring (bicyclic) bond motifs is 1. The summed E-state index contributed by atoms with van der Waals surface area (Å²) in [5, 5.41) is 15.2. The molecule has 0 unspecified atom stereocenters. The van der Waals surface area contributed by atoms with E-state index < -0.39 is 0 Å². The zero-order valence-corrected chi connectivity index (χ0v) is 15.3. The number of benzene rings is 1.